The number of benzene rings is 2. The molecule has 0 bridgehead atoms. The molecule has 2 aromatic rings. The van der Waals surface area contributed by atoms with E-state index in [1.807, 2.05) is 0 Å². The molecule has 0 amide bonds. The molecule has 29 heavy (non-hydrogen) atoms. The zero-order valence-corrected chi connectivity index (χ0v) is 15.8. The van der Waals surface area contributed by atoms with E-state index in [0.717, 1.165) is 17.7 Å². The molecule has 0 unspecified atom stereocenters. The van der Waals surface area contributed by atoms with Crippen LogP contribution in [0.15, 0.2) is 48.5 Å². The van der Waals surface area contributed by atoms with Gasteiger partial charge in [0.05, 0.1) is 6.54 Å². The highest BCUT2D eigenvalue weighted by molar-refractivity contribution is 5.49. The van der Waals surface area contributed by atoms with E-state index in [1.54, 1.807) is 31.2 Å². The number of alkyl halides is 6. The van der Waals surface area contributed by atoms with Crippen molar-refractivity contribution < 1.29 is 36.2 Å². The number of rotatable bonds is 9. The Morgan fingerprint density at radius 1 is 1.03 bits per heavy atom. The maximum Gasteiger partial charge on any atom is 0.461 e. The van der Waals surface area contributed by atoms with Gasteiger partial charge in [0.25, 0.3) is 5.92 Å². The van der Waals surface area contributed by atoms with Gasteiger partial charge in [0.15, 0.2) is 0 Å². The summed E-state index contributed by atoms with van der Waals surface area (Å²) < 4.78 is 82.0. The molecule has 0 fully saturated rings. The Labute approximate surface area is 164 Å². The fourth-order valence-electron chi connectivity index (χ4n) is 2.58. The normalized spacial score (nSPS) is 13.4. The molecule has 0 saturated heterocycles. The van der Waals surface area contributed by atoms with Crippen molar-refractivity contribution in [3.8, 4) is 5.75 Å². The standard InChI is InChI=1S/C20H21F6NO2/c1-13-5-3-7-15(9-13)27(12-17(28)19(2,23)24)11-14-6-4-8-16(10-14)29-20(25,26)18(21)22/h3-10,17-18,28H,11-12H2,1-2H3/t17-/m1/s1. The first kappa shape index (κ1) is 22.9. The molecule has 160 valence electrons. The van der Waals surface area contributed by atoms with E-state index < -0.39 is 36.9 Å². The molecular formula is C20H21F6NO2. The van der Waals surface area contributed by atoms with Gasteiger partial charge in [-0.3, -0.25) is 0 Å². The van der Waals surface area contributed by atoms with Crippen molar-refractivity contribution in [2.75, 3.05) is 11.4 Å². The number of aliphatic hydroxyl groups excluding tert-OH is 1. The van der Waals surface area contributed by atoms with Crippen LogP contribution < -0.4 is 9.64 Å². The summed E-state index contributed by atoms with van der Waals surface area (Å²) in [5, 5.41) is 9.83. The van der Waals surface area contributed by atoms with E-state index in [9.17, 15) is 31.4 Å². The van der Waals surface area contributed by atoms with Gasteiger partial charge in [-0.25, -0.2) is 8.78 Å². The Morgan fingerprint density at radius 2 is 1.69 bits per heavy atom. The molecule has 0 saturated carbocycles. The highest BCUT2D eigenvalue weighted by Crippen LogP contribution is 2.29. The van der Waals surface area contributed by atoms with Crippen LogP contribution in [-0.4, -0.2) is 36.2 Å². The van der Waals surface area contributed by atoms with E-state index in [2.05, 4.69) is 4.74 Å². The quantitative estimate of drug-likeness (QED) is 0.561. The summed E-state index contributed by atoms with van der Waals surface area (Å²) in [5.74, 6) is -3.84. The predicted molar refractivity (Wildman–Crippen MR) is 96.9 cm³/mol. The molecule has 0 aliphatic rings. The van der Waals surface area contributed by atoms with Gasteiger partial charge in [-0.2, -0.15) is 17.6 Å². The van der Waals surface area contributed by atoms with Gasteiger partial charge in [-0.15, -0.1) is 0 Å². The van der Waals surface area contributed by atoms with Crippen LogP contribution in [0.2, 0.25) is 0 Å². The van der Waals surface area contributed by atoms with Crippen LogP contribution in [0.3, 0.4) is 0 Å². The molecule has 0 spiro atoms. The number of anilines is 1. The molecule has 0 aliphatic heterocycles. The molecule has 0 heterocycles. The Hall–Kier alpha value is -2.42. The van der Waals surface area contributed by atoms with Crippen LogP contribution >= 0.6 is 0 Å². The van der Waals surface area contributed by atoms with E-state index >= 15 is 0 Å². The summed E-state index contributed by atoms with van der Waals surface area (Å²) in [6, 6.07) is 11.9. The third-order valence-corrected chi connectivity index (χ3v) is 4.13. The number of ether oxygens (including phenoxy) is 1. The minimum absolute atomic E-state index is 0.0476. The summed E-state index contributed by atoms with van der Waals surface area (Å²) in [6.45, 7) is 1.90. The van der Waals surface area contributed by atoms with E-state index in [0.29, 0.717) is 18.2 Å². The van der Waals surface area contributed by atoms with Gasteiger partial charge in [0.1, 0.15) is 11.9 Å². The summed E-state index contributed by atoms with van der Waals surface area (Å²) in [5.41, 5.74) is 1.72. The van der Waals surface area contributed by atoms with E-state index in [1.165, 1.54) is 17.0 Å². The number of aliphatic hydroxyl groups is 1. The Morgan fingerprint density at radius 3 is 2.28 bits per heavy atom. The number of hydrogen-bond acceptors (Lipinski definition) is 3. The molecule has 1 atom stereocenters. The highest BCUT2D eigenvalue weighted by Gasteiger charge is 2.44. The molecule has 3 nitrogen and oxygen atoms in total. The largest absolute Gasteiger partial charge is 0.461 e. The lowest BCUT2D eigenvalue weighted by molar-refractivity contribution is -0.253. The SMILES string of the molecule is Cc1cccc(N(Cc2cccc(OC(F)(F)C(F)F)c2)C[C@@H](O)C(C)(F)F)c1. The minimum Gasteiger partial charge on any atom is -0.428 e. The second kappa shape index (κ2) is 8.94. The molecule has 0 aliphatic carbocycles. The number of nitrogens with zero attached hydrogens (tertiary/aromatic N) is 1. The Balaban J connectivity index is 2.28. The lowest BCUT2D eigenvalue weighted by Gasteiger charge is -2.30. The zero-order chi connectivity index (χ0) is 21.8. The molecule has 2 aromatic carbocycles. The van der Waals surface area contributed by atoms with Gasteiger partial charge in [0.2, 0.25) is 0 Å². The molecule has 0 aromatic heterocycles. The van der Waals surface area contributed by atoms with Crippen molar-refractivity contribution in [1.82, 2.24) is 0 Å². The van der Waals surface area contributed by atoms with Crippen LogP contribution in [0.5, 0.6) is 5.75 Å². The second-order valence-electron chi connectivity index (χ2n) is 6.80. The van der Waals surface area contributed by atoms with Crippen LogP contribution in [0.25, 0.3) is 0 Å². The first-order valence-electron chi connectivity index (χ1n) is 8.70. The predicted octanol–water partition coefficient (Wildman–Crippen LogP) is 5.25. The number of halogens is 6. The van der Waals surface area contributed by atoms with E-state index in [-0.39, 0.29) is 6.54 Å². The van der Waals surface area contributed by atoms with Crippen molar-refractivity contribution >= 4 is 5.69 Å². The number of aryl methyl sites for hydroxylation is 1. The maximum atomic E-state index is 13.5. The van der Waals surface area contributed by atoms with Crippen molar-refractivity contribution in [3.63, 3.8) is 0 Å². The zero-order valence-electron chi connectivity index (χ0n) is 15.8. The van der Waals surface area contributed by atoms with Gasteiger partial charge >= 0.3 is 12.5 Å². The third kappa shape index (κ3) is 6.56. The third-order valence-electron chi connectivity index (χ3n) is 4.13. The minimum atomic E-state index is -4.66. The van der Waals surface area contributed by atoms with E-state index in [4.69, 9.17) is 0 Å². The van der Waals surface area contributed by atoms with Crippen LogP contribution in [0, 0.1) is 6.92 Å². The first-order chi connectivity index (χ1) is 13.4. The van der Waals surface area contributed by atoms with Gasteiger partial charge in [0, 0.05) is 19.2 Å². The Kier molecular flexibility index (Phi) is 7.05. The molecule has 2 rings (SSSR count). The fraction of sp³-hybridized carbons (Fsp3) is 0.400. The lowest BCUT2D eigenvalue weighted by Crippen LogP contribution is -2.41. The first-order valence-corrected chi connectivity index (χ1v) is 8.70. The average Bonchev–Trinajstić information content (AvgIpc) is 2.60. The highest BCUT2D eigenvalue weighted by atomic mass is 19.3. The number of hydrogen-bond donors (Lipinski definition) is 1. The molecule has 0 radical (unpaired) electrons. The summed E-state index contributed by atoms with van der Waals surface area (Å²) in [4.78, 5) is 1.44. The average molecular weight is 421 g/mol. The van der Waals surface area contributed by atoms with Crippen LogP contribution in [0.4, 0.5) is 32.0 Å². The van der Waals surface area contributed by atoms with Crippen molar-refractivity contribution in [1.29, 1.82) is 0 Å². The second-order valence-corrected chi connectivity index (χ2v) is 6.80. The molecule has 9 heteroatoms. The summed E-state index contributed by atoms with van der Waals surface area (Å²) >= 11 is 0. The summed E-state index contributed by atoms with van der Waals surface area (Å²) in [6.07, 6.45) is -10.6. The van der Waals surface area contributed by atoms with Crippen molar-refractivity contribution in [2.45, 2.75) is 45.0 Å². The van der Waals surface area contributed by atoms with Crippen molar-refractivity contribution in [2.24, 2.45) is 0 Å². The Bertz CT molecular complexity index is 810. The van der Waals surface area contributed by atoms with Crippen LogP contribution in [-0.2, 0) is 6.54 Å². The summed E-state index contributed by atoms with van der Waals surface area (Å²) in [7, 11) is 0. The van der Waals surface area contributed by atoms with Crippen molar-refractivity contribution in [3.05, 3.63) is 59.7 Å². The van der Waals surface area contributed by atoms with Crippen LogP contribution in [0.1, 0.15) is 18.1 Å². The molecule has 1 N–H and O–H groups in total. The lowest BCUT2D eigenvalue weighted by atomic mass is 10.1. The smallest absolute Gasteiger partial charge is 0.428 e. The molecular weight excluding hydrogens is 400 g/mol. The maximum absolute atomic E-state index is 13.5. The fourth-order valence-corrected chi connectivity index (χ4v) is 2.58. The van der Waals surface area contributed by atoms with Gasteiger partial charge in [-0.1, -0.05) is 24.3 Å². The monoisotopic (exact) mass is 421 g/mol. The van der Waals surface area contributed by atoms with Gasteiger partial charge < -0.3 is 14.7 Å². The van der Waals surface area contributed by atoms with Gasteiger partial charge in [-0.05, 0) is 42.3 Å². The topological polar surface area (TPSA) is 32.7 Å².